The number of rotatable bonds is 6. The van der Waals surface area contributed by atoms with Crippen LogP contribution in [0.1, 0.15) is 29.0 Å². The summed E-state index contributed by atoms with van der Waals surface area (Å²) in [5.41, 5.74) is 3.22. The van der Waals surface area contributed by atoms with Crippen LogP contribution in [-0.4, -0.2) is 28.6 Å². The average Bonchev–Trinajstić information content (AvgIpc) is 2.80. The van der Waals surface area contributed by atoms with Gasteiger partial charge in [-0.15, -0.1) is 10.2 Å². The third-order valence-corrected chi connectivity index (χ3v) is 5.24. The van der Waals surface area contributed by atoms with Crippen LogP contribution in [0.3, 0.4) is 0 Å². The molecule has 0 amide bonds. The highest BCUT2D eigenvalue weighted by molar-refractivity contribution is 6.34. The highest BCUT2D eigenvalue weighted by Gasteiger charge is 2.18. The van der Waals surface area contributed by atoms with Crippen molar-refractivity contribution < 1.29 is 13.9 Å². The zero-order valence-electron chi connectivity index (χ0n) is 16.8. The van der Waals surface area contributed by atoms with E-state index in [0.29, 0.717) is 33.7 Å². The molecule has 0 radical (unpaired) electrons. The molecule has 1 atom stereocenters. The van der Waals surface area contributed by atoms with Crippen molar-refractivity contribution in [2.45, 2.75) is 13.0 Å². The number of benzene rings is 2. The SMILES string of the molecule is COc1nnc(C=O)cc1-c1ccc(F)c([C@@H](C)Nc2c(Cl)cnc3ccccc23)c1. The van der Waals surface area contributed by atoms with Gasteiger partial charge < -0.3 is 10.1 Å². The minimum atomic E-state index is -0.422. The van der Waals surface area contributed by atoms with Gasteiger partial charge in [0.2, 0.25) is 5.88 Å². The molecule has 2 aromatic carbocycles. The van der Waals surface area contributed by atoms with Crippen LogP contribution in [0.2, 0.25) is 5.02 Å². The summed E-state index contributed by atoms with van der Waals surface area (Å²) in [7, 11) is 1.46. The van der Waals surface area contributed by atoms with Crippen molar-refractivity contribution in [3.8, 4) is 17.0 Å². The number of aldehydes is 1. The van der Waals surface area contributed by atoms with E-state index in [1.165, 1.54) is 13.2 Å². The van der Waals surface area contributed by atoms with Crippen LogP contribution >= 0.6 is 11.6 Å². The number of pyridine rings is 1. The van der Waals surface area contributed by atoms with Crippen molar-refractivity contribution >= 4 is 34.5 Å². The normalized spacial score (nSPS) is 11.9. The van der Waals surface area contributed by atoms with Gasteiger partial charge in [0.15, 0.2) is 6.29 Å². The summed E-state index contributed by atoms with van der Waals surface area (Å²) in [6.45, 7) is 1.84. The van der Waals surface area contributed by atoms with Crippen LogP contribution in [-0.2, 0) is 0 Å². The Morgan fingerprint density at radius 2 is 1.97 bits per heavy atom. The van der Waals surface area contributed by atoms with Crippen LogP contribution in [0.5, 0.6) is 5.88 Å². The summed E-state index contributed by atoms with van der Waals surface area (Å²) in [5, 5.41) is 12.3. The van der Waals surface area contributed by atoms with Crippen molar-refractivity contribution in [2.24, 2.45) is 0 Å². The quantitative estimate of drug-likeness (QED) is 0.403. The zero-order chi connectivity index (χ0) is 22.0. The van der Waals surface area contributed by atoms with Gasteiger partial charge in [0, 0.05) is 22.7 Å². The first kappa shape index (κ1) is 20.7. The maximum absolute atomic E-state index is 14.8. The highest BCUT2D eigenvalue weighted by Crippen LogP contribution is 2.35. The Bertz CT molecular complexity index is 1280. The van der Waals surface area contributed by atoms with Crippen LogP contribution in [0.4, 0.5) is 10.1 Å². The molecule has 2 aromatic heterocycles. The Balaban J connectivity index is 1.75. The number of anilines is 1. The van der Waals surface area contributed by atoms with Gasteiger partial charge >= 0.3 is 0 Å². The zero-order valence-corrected chi connectivity index (χ0v) is 17.5. The Hall–Kier alpha value is -3.58. The minimum absolute atomic E-state index is 0.155. The van der Waals surface area contributed by atoms with Gasteiger partial charge in [0.05, 0.1) is 29.4 Å². The average molecular weight is 437 g/mol. The third-order valence-electron chi connectivity index (χ3n) is 4.96. The molecule has 6 nitrogen and oxygen atoms in total. The van der Waals surface area contributed by atoms with Crippen LogP contribution in [0.15, 0.2) is 54.7 Å². The first-order valence-electron chi connectivity index (χ1n) is 9.48. The smallest absolute Gasteiger partial charge is 0.241 e. The number of hydrogen-bond acceptors (Lipinski definition) is 6. The Kier molecular flexibility index (Phi) is 5.77. The molecule has 0 aliphatic carbocycles. The van der Waals surface area contributed by atoms with Crippen molar-refractivity contribution in [1.82, 2.24) is 15.2 Å². The van der Waals surface area contributed by atoms with Crippen molar-refractivity contribution in [2.75, 3.05) is 12.4 Å². The number of methoxy groups -OCH3 is 1. The number of aromatic nitrogens is 3. The number of ether oxygens (including phenoxy) is 1. The molecule has 0 unspecified atom stereocenters. The minimum Gasteiger partial charge on any atom is -0.479 e. The summed E-state index contributed by atoms with van der Waals surface area (Å²) < 4.78 is 20.0. The molecule has 0 aliphatic heterocycles. The summed E-state index contributed by atoms with van der Waals surface area (Å²) in [5.74, 6) is -0.137. The van der Waals surface area contributed by atoms with Gasteiger partial charge in [-0.3, -0.25) is 9.78 Å². The standard InChI is InChI=1S/C23H18ClFN4O2/c1-13(27-22-16-5-3-4-6-21(16)26-11-19(22)24)17-9-14(7-8-20(17)25)18-10-15(12-30)28-29-23(18)31-2/h3-13H,1-2H3,(H,26,27)/t13-/m1/s1. The molecule has 0 bridgehead atoms. The topological polar surface area (TPSA) is 77.0 Å². The number of halogens is 2. The third kappa shape index (κ3) is 4.04. The van der Waals surface area contributed by atoms with Crippen molar-refractivity contribution in [3.05, 3.63) is 76.8 Å². The van der Waals surface area contributed by atoms with E-state index in [9.17, 15) is 9.18 Å². The molecule has 4 rings (SSSR count). The summed E-state index contributed by atoms with van der Waals surface area (Å²) in [6, 6.07) is 13.4. The number of nitrogens with zero attached hydrogens (tertiary/aromatic N) is 3. The second-order valence-electron chi connectivity index (χ2n) is 6.91. The van der Waals surface area contributed by atoms with E-state index in [4.69, 9.17) is 16.3 Å². The van der Waals surface area contributed by atoms with Gasteiger partial charge in [-0.25, -0.2) is 4.39 Å². The van der Waals surface area contributed by atoms with E-state index in [1.807, 2.05) is 31.2 Å². The van der Waals surface area contributed by atoms with Crippen molar-refractivity contribution in [1.29, 1.82) is 0 Å². The lowest BCUT2D eigenvalue weighted by molar-refractivity contribution is 0.111. The largest absolute Gasteiger partial charge is 0.479 e. The van der Waals surface area contributed by atoms with E-state index in [2.05, 4.69) is 20.5 Å². The van der Waals surface area contributed by atoms with Crippen LogP contribution in [0.25, 0.3) is 22.0 Å². The van der Waals surface area contributed by atoms with Crippen LogP contribution < -0.4 is 10.1 Å². The molecule has 0 spiro atoms. The van der Waals surface area contributed by atoms with Gasteiger partial charge in [0.25, 0.3) is 0 Å². The number of para-hydroxylation sites is 1. The molecule has 0 saturated heterocycles. The Labute approximate surface area is 183 Å². The summed E-state index contributed by atoms with van der Waals surface area (Å²) in [6.07, 6.45) is 2.17. The fourth-order valence-electron chi connectivity index (χ4n) is 3.41. The summed E-state index contributed by atoms with van der Waals surface area (Å²) >= 11 is 6.39. The predicted octanol–water partition coefficient (Wildman–Crippen LogP) is 5.48. The Morgan fingerprint density at radius 1 is 1.16 bits per heavy atom. The number of carbonyl (C=O) groups excluding carboxylic acids is 1. The molecule has 156 valence electrons. The molecule has 0 saturated carbocycles. The maximum Gasteiger partial charge on any atom is 0.241 e. The van der Waals surface area contributed by atoms with E-state index in [1.54, 1.807) is 24.4 Å². The number of nitrogens with one attached hydrogen (secondary N) is 1. The number of hydrogen-bond donors (Lipinski definition) is 1. The monoisotopic (exact) mass is 436 g/mol. The maximum atomic E-state index is 14.8. The van der Waals surface area contributed by atoms with E-state index < -0.39 is 6.04 Å². The summed E-state index contributed by atoms with van der Waals surface area (Å²) in [4.78, 5) is 15.5. The van der Waals surface area contributed by atoms with Gasteiger partial charge in [0.1, 0.15) is 11.5 Å². The van der Waals surface area contributed by atoms with E-state index >= 15 is 0 Å². The molecule has 4 aromatic rings. The van der Waals surface area contributed by atoms with Gasteiger partial charge in [-0.2, -0.15) is 0 Å². The van der Waals surface area contributed by atoms with E-state index in [-0.39, 0.29) is 17.4 Å². The molecule has 0 fully saturated rings. The molecule has 2 heterocycles. The first-order chi connectivity index (χ1) is 15.0. The fourth-order valence-corrected chi connectivity index (χ4v) is 3.62. The lowest BCUT2D eigenvalue weighted by Gasteiger charge is -2.20. The van der Waals surface area contributed by atoms with Gasteiger partial charge in [-0.1, -0.05) is 35.9 Å². The van der Waals surface area contributed by atoms with Crippen molar-refractivity contribution in [3.63, 3.8) is 0 Å². The fraction of sp³-hybridized carbons (Fsp3) is 0.130. The van der Waals surface area contributed by atoms with Crippen LogP contribution in [0, 0.1) is 5.82 Å². The second kappa shape index (κ2) is 8.65. The highest BCUT2D eigenvalue weighted by atomic mass is 35.5. The number of fused-ring (bicyclic) bond motifs is 1. The molecular formula is C23H18ClFN4O2. The molecular weight excluding hydrogens is 419 g/mol. The second-order valence-corrected chi connectivity index (χ2v) is 7.32. The van der Waals surface area contributed by atoms with E-state index in [0.717, 1.165) is 10.9 Å². The molecule has 0 aliphatic rings. The van der Waals surface area contributed by atoms with Gasteiger partial charge in [-0.05, 0) is 36.8 Å². The predicted molar refractivity (Wildman–Crippen MR) is 118 cm³/mol. The lowest BCUT2D eigenvalue weighted by atomic mass is 9.99. The first-order valence-corrected chi connectivity index (χ1v) is 9.86. The molecule has 1 N–H and O–H groups in total. The number of carbonyl (C=O) groups is 1. The molecule has 31 heavy (non-hydrogen) atoms. The lowest BCUT2D eigenvalue weighted by Crippen LogP contribution is -2.10. The molecule has 8 heteroatoms. The Morgan fingerprint density at radius 3 is 2.74 bits per heavy atom.